The Kier molecular flexibility index (Phi) is 3.98. The molecule has 4 nitrogen and oxygen atoms in total. The van der Waals surface area contributed by atoms with E-state index in [2.05, 4.69) is 5.32 Å². The predicted molar refractivity (Wildman–Crippen MR) is 60.3 cm³/mol. The molecule has 16 heavy (non-hydrogen) atoms. The molecule has 4 heteroatoms. The molecule has 0 saturated carbocycles. The number of fused-ring (bicyclic) bond motifs is 1. The van der Waals surface area contributed by atoms with Crippen molar-refractivity contribution in [1.82, 2.24) is 5.32 Å². The minimum absolute atomic E-state index is 0.00384. The van der Waals surface area contributed by atoms with Crippen molar-refractivity contribution in [2.45, 2.75) is 31.3 Å². The molecule has 0 radical (unpaired) electrons. The average molecular weight is 225 g/mol. The van der Waals surface area contributed by atoms with Gasteiger partial charge in [-0.05, 0) is 18.9 Å². The molecule has 0 bridgehead atoms. The summed E-state index contributed by atoms with van der Waals surface area (Å²) in [5, 5.41) is 12.6. The number of aliphatic hydroxyl groups excluding tert-OH is 1. The number of nitrogens with one attached hydrogen (secondary N) is 1. The topological polar surface area (TPSA) is 54.6 Å². The molecule has 0 spiro atoms. The Balaban J connectivity index is 2.01. The molecule has 0 amide bonds. The van der Waals surface area contributed by atoms with Gasteiger partial charge < -0.3 is 19.6 Å². The number of furan rings is 1. The van der Waals surface area contributed by atoms with Crippen LogP contribution in [0.2, 0.25) is 0 Å². The van der Waals surface area contributed by atoms with Crippen molar-refractivity contribution in [1.29, 1.82) is 0 Å². The zero-order chi connectivity index (χ0) is 11.4. The van der Waals surface area contributed by atoms with Crippen LogP contribution in [-0.2, 0) is 11.2 Å². The maximum atomic E-state index is 9.22. The molecule has 0 fully saturated rings. The molecule has 2 rings (SSSR count). The number of rotatable bonds is 5. The lowest BCUT2D eigenvalue weighted by molar-refractivity contribution is 0.120. The van der Waals surface area contributed by atoms with Gasteiger partial charge in [-0.25, -0.2) is 0 Å². The van der Waals surface area contributed by atoms with Crippen molar-refractivity contribution >= 4 is 0 Å². The fourth-order valence-corrected chi connectivity index (χ4v) is 2.30. The summed E-state index contributed by atoms with van der Waals surface area (Å²) in [4.78, 5) is 0. The van der Waals surface area contributed by atoms with E-state index in [4.69, 9.17) is 9.15 Å². The highest BCUT2D eigenvalue weighted by molar-refractivity contribution is 5.24. The highest BCUT2D eigenvalue weighted by atomic mass is 16.5. The minimum Gasteiger partial charge on any atom is -0.469 e. The van der Waals surface area contributed by atoms with Crippen molar-refractivity contribution < 1.29 is 14.3 Å². The van der Waals surface area contributed by atoms with E-state index in [-0.39, 0.29) is 18.7 Å². The third-order valence-corrected chi connectivity index (χ3v) is 3.08. The standard InChI is InChI=1S/C12H19NO3/c1-15-8-9(7-14)13-11-3-2-4-12-10(11)5-6-16-12/h5-6,9,11,13-14H,2-4,7-8H2,1H3. The molecular formula is C12H19NO3. The van der Waals surface area contributed by atoms with Crippen LogP contribution in [0.5, 0.6) is 0 Å². The molecule has 1 aromatic rings. The Morgan fingerprint density at radius 2 is 2.56 bits per heavy atom. The van der Waals surface area contributed by atoms with Gasteiger partial charge in [0.1, 0.15) is 5.76 Å². The lowest BCUT2D eigenvalue weighted by atomic mass is 9.93. The molecule has 0 aromatic carbocycles. The van der Waals surface area contributed by atoms with E-state index in [0.29, 0.717) is 6.61 Å². The van der Waals surface area contributed by atoms with Crippen molar-refractivity contribution in [2.75, 3.05) is 20.3 Å². The zero-order valence-corrected chi connectivity index (χ0v) is 9.61. The van der Waals surface area contributed by atoms with E-state index >= 15 is 0 Å². The molecule has 2 atom stereocenters. The molecule has 2 N–H and O–H groups in total. The summed E-state index contributed by atoms with van der Waals surface area (Å²) in [5.41, 5.74) is 1.24. The largest absolute Gasteiger partial charge is 0.469 e. The van der Waals surface area contributed by atoms with Crippen LogP contribution in [-0.4, -0.2) is 31.5 Å². The highest BCUT2D eigenvalue weighted by Gasteiger charge is 2.24. The molecule has 1 aliphatic rings. The molecule has 1 aliphatic carbocycles. The number of aliphatic hydroxyl groups is 1. The van der Waals surface area contributed by atoms with E-state index in [1.165, 1.54) is 5.56 Å². The van der Waals surface area contributed by atoms with Gasteiger partial charge in [0, 0.05) is 25.1 Å². The van der Waals surface area contributed by atoms with E-state index in [0.717, 1.165) is 25.0 Å². The third-order valence-electron chi connectivity index (χ3n) is 3.08. The number of hydrogen-bond donors (Lipinski definition) is 2. The SMILES string of the molecule is COCC(CO)NC1CCCc2occc21. The zero-order valence-electron chi connectivity index (χ0n) is 9.61. The summed E-state index contributed by atoms with van der Waals surface area (Å²) in [7, 11) is 1.65. The van der Waals surface area contributed by atoms with Crippen LogP contribution < -0.4 is 5.32 Å². The quantitative estimate of drug-likeness (QED) is 0.792. The Bertz CT molecular complexity index is 324. The van der Waals surface area contributed by atoms with Gasteiger partial charge in [-0.2, -0.15) is 0 Å². The summed E-state index contributed by atoms with van der Waals surface area (Å²) < 4.78 is 10.5. The molecule has 1 aromatic heterocycles. The summed E-state index contributed by atoms with van der Waals surface area (Å²) in [5.74, 6) is 1.08. The van der Waals surface area contributed by atoms with Gasteiger partial charge in [0.05, 0.1) is 25.5 Å². The Morgan fingerprint density at radius 3 is 3.31 bits per heavy atom. The van der Waals surface area contributed by atoms with E-state index < -0.39 is 0 Å². The van der Waals surface area contributed by atoms with E-state index in [9.17, 15) is 5.11 Å². The number of aryl methyl sites for hydroxylation is 1. The first-order valence-electron chi connectivity index (χ1n) is 5.77. The fraction of sp³-hybridized carbons (Fsp3) is 0.667. The molecule has 90 valence electrons. The number of hydrogen-bond acceptors (Lipinski definition) is 4. The number of ether oxygens (including phenoxy) is 1. The van der Waals surface area contributed by atoms with Crippen LogP contribution in [0, 0.1) is 0 Å². The molecule has 0 saturated heterocycles. The maximum Gasteiger partial charge on any atom is 0.108 e. The molecular weight excluding hydrogens is 206 g/mol. The van der Waals surface area contributed by atoms with Crippen LogP contribution >= 0.6 is 0 Å². The van der Waals surface area contributed by atoms with Gasteiger partial charge >= 0.3 is 0 Å². The van der Waals surface area contributed by atoms with Crippen LogP contribution in [0.1, 0.15) is 30.2 Å². The molecule has 2 unspecified atom stereocenters. The molecule has 0 aliphatic heterocycles. The second kappa shape index (κ2) is 5.48. The first kappa shape index (κ1) is 11.6. The smallest absolute Gasteiger partial charge is 0.108 e. The Hall–Kier alpha value is -0.840. The van der Waals surface area contributed by atoms with Crippen molar-refractivity contribution in [3.63, 3.8) is 0 Å². The number of methoxy groups -OCH3 is 1. The van der Waals surface area contributed by atoms with Crippen LogP contribution in [0.25, 0.3) is 0 Å². The maximum absolute atomic E-state index is 9.22. The van der Waals surface area contributed by atoms with Gasteiger partial charge in [-0.1, -0.05) is 0 Å². The first-order chi connectivity index (χ1) is 7.85. The van der Waals surface area contributed by atoms with Gasteiger partial charge in [-0.15, -0.1) is 0 Å². The Labute approximate surface area is 95.6 Å². The van der Waals surface area contributed by atoms with Gasteiger partial charge in [0.2, 0.25) is 0 Å². The van der Waals surface area contributed by atoms with Gasteiger partial charge in [-0.3, -0.25) is 0 Å². The van der Waals surface area contributed by atoms with Crippen LogP contribution in [0.4, 0.5) is 0 Å². The highest BCUT2D eigenvalue weighted by Crippen LogP contribution is 2.30. The second-order valence-corrected chi connectivity index (χ2v) is 4.25. The van der Waals surface area contributed by atoms with Gasteiger partial charge in [0.15, 0.2) is 0 Å². The monoisotopic (exact) mass is 225 g/mol. The average Bonchev–Trinajstić information content (AvgIpc) is 2.77. The summed E-state index contributed by atoms with van der Waals surface area (Å²) in [6.45, 7) is 0.623. The Morgan fingerprint density at radius 1 is 1.69 bits per heavy atom. The van der Waals surface area contributed by atoms with Crippen LogP contribution in [0.3, 0.4) is 0 Å². The van der Waals surface area contributed by atoms with Gasteiger partial charge in [0.25, 0.3) is 0 Å². The minimum atomic E-state index is -0.00384. The summed E-state index contributed by atoms with van der Waals surface area (Å²) in [6, 6.07) is 2.30. The lowest BCUT2D eigenvalue weighted by Crippen LogP contribution is -2.39. The lowest BCUT2D eigenvalue weighted by Gasteiger charge is -2.27. The van der Waals surface area contributed by atoms with Crippen molar-refractivity contribution in [3.8, 4) is 0 Å². The third kappa shape index (κ3) is 2.45. The van der Waals surface area contributed by atoms with E-state index in [1.54, 1.807) is 13.4 Å². The molecule has 1 heterocycles. The van der Waals surface area contributed by atoms with Crippen molar-refractivity contribution in [3.05, 3.63) is 23.7 Å². The van der Waals surface area contributed by atoms with Crippen molar-refractivity contribution in [2.24, 2.45) is 0 Å². The van der Waals surface area contributed by atoms with Crippen LogP contribution in [0.15, 0.2) is 16.7 Å². The first-order valence-corrected chi connectivity index (χ1v) is 5.77. The normalized spacial score (nSPS) is 21.8. The predicted octanol–water partition coefficient (Wildman–Crippen LogP) is 1.25. The summed E-state index contributed by atoms with van der Waals surface area (Å²) >= 11 is 0. The summed E-state index contributed by atoms with van der Waals surface area (Å²) in [6.07, 6.45) is 4.99. The fourth-order valence-electron chi connectivity index (χ4n) is 2.30. The van der Waals surface area contributed by atoms with E-state index in [1.807, 2.05) is 6.07 Å². The second-order valence-electron chi connectivity index (χ2n) is 4.25.